The smallest absolute Gasteiger partial charge is 0.220 e. The Balaban J connectivity index is 1.58. The number of halogens is 1. The van der Waals surface area contributed by atoms with Gasteiger partial charge in [0.1, 0.15) is 0 Å². The fourth-order valence-electron chi connectivity index (χ4n) is 4.32. The van der Waals surface area contributed by atoms with Crippen molar-refractivity contribution in [3.63, 3.8) is 0 Å². The molecule has 0 aliphatic carbocycles. The number of carbonyl (C=O) groups excluding carboxylic acids is 1. The Labute approximate surface area is 211 Å². The van der Waals surface area contributed by atoms with Gasteiger partial charge in [-0.05, 0) is 73.4 Å². The third kappa shape index (κ3) is 6.01. The van der Waals surface area contributed by atoms with Crippen LogP contribution in [0, 0.1) is 25.2 Å². The van der Waals surface area contributed by atoms with Crippen LogP contribution < -0.4 is 5.32 Å². The minimum absolute atomic E-state index is 0.00448. The van der Waals surface area contributed by atoms with E-state index >= 15 is 0 Å². The number of hydrogen-bond donors (Lipinski definition) is 1. The van der Waals surface area contributed by atoms with E-state index in [1.165, 1.54) is 11.1 Å². The molecule has 1 heterocycles. The molecular weight excluding hydrogens is 454 g/mol. The highest BCUT2D eigenvalue weighted by Crippen LogP contribution is 2.30. The van der Waals surface area contributed by atoms with Crippen LogP contribution in [0.15, 0.2) is 78.9 Å². The van der Waals surface area contributed by atoms with Gasteiger partial charge < -0.3 is 9.88 Å². The fraction of sp³-hybridized carbons (Fsp3) is 0.200. The summed E-state index contributed by atoms with van der Waals surface area (Å²) in [4.78, 5) is 12.6. The number of benzene rings is 3. The van der Waals surface area contributed by atoms with E-state index in [4.69, 9.17) is 16.9 Å². The van der Waals surface area contributed by atoms with Crippen molar-refractivity contribution in [2.45, 2.75) is 39.7 Å². The highest BCUT2D eigenvalue weighted by atomic mass is 35.5. The number of aromatic nitrogens is 1. The van der Waals surface area contributed by atoms with Gasteiger partial charge in [-0.1, -0.05) is 59.6 Å². The van der Waals surface area contributed by atoms with Crippen LogP contribution in [-0.2, 0) is 24.2 Å². The molecule has 0 atom stereocenters. The number of rotatable bonds is 8. The van der Waals surface area contributed by atoms with Gasteiger partial charge in [0, 0.05) is 34.9 Å². The van der Waals surface area contributed by atoms with E-state index in [9.17, 15) is 4.79 Å². The van der Waals surface area contributed by atoms with Crippen LogP contribution in [0.5, 0.6) is 0 Å². The first-order chi connectivity index (χ1) is 16.9. The van der Waals surface area contributed by atoms with Crippen LogP contribution in [0.3, 0.4) is 0 Å². The van der Waals surface area contributed by atoms with Gasteiger partial charge >= 0.3 is 0 Å². The van der Waals surface area contributed by atoms with E-state index < -0.39 is 0 Å². The molecule has 0 unspecified atom stereocenters. The summed E-state index contributed by atoms with van der Waals surface area (Å²) in [5.74, 6) is -0.00448. The Bertz CT molecular complexity index is 1380. The molecule has 0 bridgehead atoms. The summed E-state index contributed by atoms with van der Waals surface area (Å²) in [6.07, 6.45) is 1.37. The molecule has 176 valence electrons. The predicted molar refractivity (Wildman–Crippen MR) is 142 cm³/mol. The summed E-state index contributed by atoms with van der Waals surface area (Å²) in [5, 5.41) is 12.7. The molecule has 35 heavy (non-hydrogen) atoms. The zero-order chi connectivity index (χ0) is 24.8. The minimum Gasteiger partial charge on any atom is -0.352 e. The quantitative estimate of drug-likeness (QED) is 0.303. The van der Waals surface area contributed by atoms with Crippen molar-refractivity contribution in [1.29, 1.82) is 5.26 Å². The minimum atomic E-state index is -0.00448. The van der Waals surface area contributed by atoms with E-state index in [2.05, 4.69) is 60.1 Å². The normalized spacial score (nSPS) is 10.7. The second kappa shape index (κ2) is 11.1. The zero-order valence-corrected chi connectivity index (χ0v) is 20.8. The van der Waals surface area contributed by atoms with Gasteiger partial charge in [-0.2, -0.15) is 5.26 Å². The van der Waals surface area contributed by atoms with Crippen LogP contribution in [0.25, 0.3) is 16.9 Å². The van der Waals surface area contributed by atoms with Gasteiger partial charge in [-0.3, -0.25) is 4.79 Å². The zero-order valence-electron chi connectivity index (χ0n) is 20.0. The van der Waals surface area contributed by atoms with E-state index in [1.54, 1.807) is 0 Å². The molecule has 1 amide bonds. The third-order valence-electron chi connectivity index (χ3n) is 6.08. The number of aryl methyl sites for hydroxylation is 3. The lowest BCUT2D eigenvalue weighted by Crippen LogP contribution is -2.23. The topological polar surface area (TPSA) is 57.8 Å². The molecule has 0 saturated heterocycles. The van der Waals surface area contributed by atoms with E-state index in [0.717, 1.165) is 33.8 Å². The van der Waals surface area contributed by atoms with Crippen LogP contribution >= 0.6 is 11.6 Å². The van der Waals surface area contributed by atoms with E-state index in [0.29, 0.717) is 30.8 Å². The second-order valence-electron chi connectivity index (χ2n) is 8.77. The fourth-order valence-corrected chi connectivity index (χ4v) is 4.53. The van der Waals surface area contributed by atoms with Crippen molar-refractivity contribution in [2.75, 3.05) is 0 Å². The molecule has 1 N–H and O–H groups in total. The first-order valence-electron chi connectivity index (χ1n) is 11.7. The average Bonchev–Trinajstić information content (AvgIpc) is 3.26. The number of carbonyl (C=O) groups is 1. The maximum atomic E-state index is 12.6. The van der Waals surface area contributed by atoms with Crippen LogP contribution in [0.4, 0.5) is 0 Å². The molecule has 4 rings (SSSR count). The van der Waals surface area contributed by atoms with Gasteiger partial charge in [-0.25, -0.2) is 0 Å². The van der Waals surface area contributed by atoms with Gasteiger partial charge in [0.15, 0.2) is 0 Å². The molecular formula is C30H28ClN3O. The van der Waals surface area contributed by atoms with E-state index in [-0.39, 0.29) is 5.91 Å². The lowest BCUT2D eigenvalue weighted by Gasteiger charge is -2.16. The van der Waals surface area contributed by atoms with Crippen LogP contribution in [-0.4, -0.2) is 10.5 Å². The molecule has 0 spiro atoms. The van der Waals surface area contributed by atoms with Crippen molar-refractivity contribution < 1.29 is 4.79 Å². The summed E-state index contributed by atoms with van der Waals surface area (Å²) in [7, 11) is 0. The highest BCUT2D eigenvalue weighted by molar-refractivity contribution is 6.30. The largest absolute Gasteiger partial charge is 0.352 e. The Morgan fingerprint density at radius 3 is 2.49 bits per heavy atom. The first kappa shape index (κ1) is 24.3. The Morgan fingerprint density at radius 1 is 0.971 bits per heavy atom. The van der Waals surface area contributed by atoms with Crippen LogP contribution in [0.1, 0.15) is 34.4 Å². The van der Waals surface area contributed by atoms with Gasteiger partial charge in [0.25, 0.3) is 0 Å². The standard InChI is InChI=1S/C30H28ClN3O/c1-21-6-13-28(22(2)18-21)29-14-11-27(34(29)26-9-7-23(8-10-26)16-17-32)12-15-30(35)33-20-24-4-3-5-25(31)19-24/h3-11,13-14,18-19H,12,15-16,20H2,1-2H3,(H,33,35). The molecule has 5 heteroatoms. The monoisotopic (exact) mass is 481 g/mol. The van der Waals surface area contributed by atoms with Crippen LogP contribution in [0.2, 0.25) is 5.02 Å². The Hall–Kier alpha value is -3.81. The highest BCUT2D eigenvalue weighted by Gasteiger charge is 2.15. The maximum absolute atomic E-state index is 12.6. The van der Waals surface area contributed by atoms with Gasteiger partial charge in [0.2, 0.25) is 5.91 Å². The number of amides is 1. The predicted octanol–water partition coefficient (Wildman–Crippen LogP) is 6.73. The summed E-state index contributed by atoms with van der Waals surface area (Å²) in [6.45, 7) is 4.67. The van der Waals surface area contributed by atoms with E-state index in [1.807, 2.05) is 48.5 Å². The number of nitrogens with zero attached hydrogens (tertiary/aromatic N) is 2. The Kier molecular flexibility index (Phi) is 7.70. The molecule has 4 aromatic rings. The SMILES string of the molecule is Cc1ccc(-c2ccc(CCC(=O)NCc3cccc(Cl)c3)n2-c2ccc(CC#N)cc2)c(C)c1. The molecule has 0 radical (unpaired) electrons. The van der Waals surface area contributed by atoms with Gasteiger partial charge in [-0.15, -0.1) is 0 Å². The maximum Gasteiger partial charge on any atom is 0.220 e. The molecule has 4 nitrogen and oxygen atoms in total. The number of nitriles is 1. The molecule has 0 aliphatic heterocycles. The van der Waals surface area contributed by atoms with Crippen molar-refractivity contribution in [1.82, 2.24) is 9.88 Å². The number of nitrogens with one attached hydrogen (secondary N) is 1. The second-order valence-corrected chi connectivity index (χ2v) is 9.21. The first-order valence-corrected chi connectivity index (χ1v) is 12.1. The molecule has 1 aromatic heterocycles. The lowest BCUT2D eigenvalue weighted by atomic mass is 10.0. The molecule has 0 fully saturated rings. The summed E-state index contributed by atoms with van der Waals surface area (Å²) < 4.78 is 2.22. The Morgan fingerprint density at radius 2 is 1.77 bits per heavy atom. The van der Waals surface area contributed by atoms with Crippen molar-refractivity contribution in [3.05, 3.63) is 112 Å². The van der Waals surface area contributed by atoms with Crippen molar-refractivity contribution in [2.24, 2.45) is 0 Å². The van der Waals surface area contributed by atoms with Gasteiger partial charge in [0.05, 0.1) is 18.2 Å². The summed E-state index contributed by atoms with van der Waals surface area (Å²) >= 11 is 6.05. The molecule has 0 aliphatic rings. The average molecular weight is 482 g/mol. The van der Waals surface area contributed by atoms with Crippen molar-refractivity contribution in [3.8, 4) is 23.0 Å². The van der Waals surface area contributed by atoms with Crippen molar-refractivity contribution >= 4 is 17.5 Å². The summed E-state index contributed by atoms with van der Waals surface area (Å²) in [6, 6.07) is 28.5. The molecule has 3 aromatic carbocycles. The third-order valence-corrected chi connectivity index (χ3v) is 6.32. The molecule has 0 saturated carbocycles. The number of hydrogen-bond acceptors (Lipinski definition) is 2. The summed E-state index contributed by atoms with van der Waals surface area (Å²) in [5.41, 5.74) is 8.71. The lowest BCUT2D eigenvalue weighted by molar-refractivity contribution is -0.121.